The lowest BCUT2D eigenvalue weighted by Gasteiger charge is -2.26. The van der Waals surface area contributed by atoms with Crippen molar-refractivity contribution in [3.8, 4) is 0 Å². The average molecular weight is 474 g/mol. The van der Waals surface area contributed by atoms with Crippen molar-refractivity contribution in [3.63, 3.8) is 0 Å². The molecule has 3 heterocycles. The summed E-state index contributed by atoms with van der Waals surface area (Å²) < 4.78 is 0. The van der Waals surface area contributed by atoms with Gasteiger partial charge in [-0.15, -0.1) is 0 Å². The van der Waals surface area contributed by atoms with Crippen molar-refractivity contribution < 1.29 is 0 Å². The fourth-order valence-electron chi connectivity index (χ4n) is 4.21. The molecule has 0 unspecified atom stereocenters. The van der Waals surface area contributed by atoms with E-state index in [1.54, 1.807) is 0 Å². The molecular weight excluding hydrogens is 430 g/mol. The summed E-state index contributed by atoms with van der Waals surface area (Å²) in [7, 11) is 2.23. The smallest absolute Gasteiger partial charge is 0.0569 e. The van der Waals surface area contributed by atoms with Crippen LogP contribution >= 0.6 is 0 Å². The van der Waals surface area contributed by atoms with Crippen LogP contribution in [-0.2, 0) is 6.54 Å². The van der Waals surface area contributed by atoms with E-state index in [0.29, 0.717) is 0 Å². The van der Waals surface area contributed by atoms with Crippen molar-refractivity contribution in [1.82, 2.24) is 14.8 Å². The van der Waals surface area contributed by atoms with E-state index < -0.39 is 0 Å². The molecule has 5 heteroatoms. The van der Waals surface area contributed by atoms with Crippen molar-refractivity contribution in [2.75, 3.05) is 39.8 Å². The topological polar surface area (TPSA) is 44.1 Å². The first-order valence-electron chi connectivity index (χ1n) is 13.1. The first-order chi connectivity index (χ1) is 17.1. The summed E-state index contributed by atoms with van der Waals surface area (Å²) in [5.41, 5.74) is 6.07. The first kappa shape index (κ1) is 27.0. The summed E-state index contributed by atoms with van der Waals surface area (Å²) >= 11 is 0. The van der Waals surface area contributed by atoms with Gasteiger partial charge in [0.15, 0.2) is 0 Å². The van der Waals surface area contributed by atoms with E-state index in [1.807, 2.05) is 12.4 Å². The minimum atomic E-state index is 0.827. The fraction of sp³-hybridized carbons (Fsp3) is 0.500. The monoisotopic (exact) mass is 473 g/mol. The molecule has 0 N–H and O–H groups in total. The Morgan fingerprint density at radius 1 is 0.914 bits per heavy atom. The Morgan fingerprint density at radius 3 is 2.60 bits per heavy atom. The lowest BCUT2D eigenvalue weighted by molar-refractivity contribution is 0.237. The highest BCUT2D eigenvalue weighted by molar-refractivity contribution is 6.01. The maximum absolute atomic E-state index is 4.81. The number of hydrogen-bond donors (Lipinski definition) is 0. The number of aryl methyl sites for hydroxylation is 1. The molecule has 2 aliphatic heterocycles. The van der Waals surface area contributed by atoms with Gasteiger partial charge in [0.1, 0.15) is 0 Å². The maximum atomic E-state index is 4.81. The van der Waals surface area contributed by atoms with E-state index in [0.717, 1.165) is 89.2 Å². The van der Waals surface area contributed by atoms with Crippen molar-refractivity contribution in [2.45, 2.75) is 58.9 Å². The minimum Gasteiger partial charge on any atom is -0.305 e. The number of likely N-dealkylation sites (N-methyl/N-ethyl adjacent to an activating group) is 1. The molecule has 0 spiro atoms. The van der Waals surface area contributed by atoms with Gasteiger partial charge >= 0.3 is 0 Å². The summed E-state index contributed by atoms with van der Waals surface area (Å²) in [6.07, 6.45) is 23.8. The molecule has 188 valence electrons. The van der Waals surface area contributed by atoms with E-state index in [2.05, 4.69) is 84.3 Å². The normalized spacial score (nSPS) is 20.1. The van der Waals surface area contributed by atoms with Gasteiger partial charge in [0.25, 0.3) is 0 Å². The van der Waals surface area contributed by atoms with Crippen LogP contribution in [0, 0.1) is 6.92 Å². The van der Waals surface area contributed by atoms with Gasteiger partial charge in [-0.25, -0.2) is 0 Å². The highest BCUT2D eigenvalue weighted by Crippen LogP contribution is 2.11. The number of aliphatic imine (C=N–C) groups is 2. The summed E-state index contributed by atoms with van der Waals surface area (Å²) in [4.78, 5) is 19.1. The van der Waals surface area contributed by atoms with Crippen LogP contribution in [0.25, 0.3) is 0 Å². The molecule has 0 aliphatic carbocycles. The molecule has 3 rings (SSSR count). The van der Waals surface area contributed by atoms with E-state index in [9.17, 15) is 0 Å². The van der Waals surface area contributed by atoms with E-state index in [-0.39, 0.29) is 0 Å². The van der Waals surface area contributed by atoms with Gasteiger partial charge in [0.2, 0.25) is 0 Å². The summed E-state index contributed by atoms with van der Waals surface area (Å²) in [5.74, 6) is 0. The number of hydrogen-bond acceptors (Lipinski definition) is 5. The molecule has 0 aromatic carbocycles. The Kier molecular flexibility index (Phi) is 11.9. The zero-order valence-electron chi connectivity index (χ0n) is 22.0. The number of pyridine rings is 1. The van der Waals surface area contributed by atoms with Crippen LogP contribution in [0.3, 0.4) is 0 Å². The van der Waals surface area contributed by atoms with Gasteiger partial charge in [-0.2, -0.15) is 0 Å². The Morgan fingerprint density at radius 2 is 1.77 bits per heavy atom. The second kappa shape index (κ2) is 15.4. The molecule has 0 saturated carbocycles. The number of aromatic nitrogens is 1. The molecule has 2 aliphatic rings. The van der Waals surface area contributed by atoms with Gasteiger partial charge in [-0.05, 0) is 76.7 Å². The maximum Gasteiger partial charge on any atom is 0.0569 e. The molecule has 0 amide bonds. The standard InChI is InChI=1S/C30H43N5/c1-26-16-17-29(33-23-26)24-35(25-30-27(2)13-9-11-19-32-30)22-21-34(3)20-12-15-28-14-8-6-4-5-7-10-18-31-28/h6-8,10-11,13,16-17,19,23H,4-5,9,12,14-15,18,20-22,24-25H2,1-3H3/b8-6-,10-7-,31-28+. The molecule has 0 fully saturated rings. The van der Waals surface area contributed by atoms with Gasteiger partial charge < -0.3 is 4.90 Å². The first-order valence-corrected chi connectivity index (χ1v) is 13.1. The van der Waals surface area contributed by atoms with E-state index >= 15 is 0 Å². The van der Waals surface area contributed by atoms with Crippen molar-refractivity contribution in [1.29, 1.82) is 0 Å². The molecule has 1 aromatic heterocycles. The lowest BCUT2D eigenvalue weighted by atomic mass is 10.1. The van der Waals surface area contributed by atoms with Gasteiger partial charge in [0.05, 0.1) is 18.0 Å². The van der Waals surface area contributed by atoms with Crippen LogP contribution in [0.2, 0.25) is 0 Å². The predicted molar refractivity (Wildman–Crippen MR) is 150 cm³/mol. The number of rotatable bonds is 11. The highest BCUT2D eigenvalue weighted by Gasteiger charge is 2.14. The second-order valence-electron chi connectivity index (χ2n) is 9.66. The predicted octanol–water partition coefficient (Wildman–Crippen LogP) is 5.95. The number of nitrogens with zero attached hydrogens (tertiary/aromatic N) is 5. The quantitative estimate of drug-likeness (QED) is 0.373. The molecule has 35 heavy (non-hydrogen) atoms. The minimum absolute atomic E-state index is 0.827. The lowest BCUT2D eigenvalue weighted by Crippen LogP contribution is -2.37. The average Bonchev–Trinajstić information content (AvgIpc) is 3.06. The third-order valence-corrected chi connectivity index (χ3v) is 6.49. The van der Waals surface area contributed by atoms with E-state index in [1.165, 1.54) is 16.8 Å². The number of allylic oxidation sites excluding steroid dienone is 5. The summed E-state index contributed by atoms with van der Waals surface area (Å²) in [5, 5.41) is 0. The van der Waals surface area contributed by atoms with Crippen molar-refractivity contribution in [2.24, 2.45) is 9.98 Å². The molecule has 1 aromatic rings. The molecule has 0 atom stereocenters. The Hall–Kier alpha value is -2.63. The molecule has 0 saturated heterocycles. The van der Waals surface area contributed by atoms with Crippen molar-refractivity contribution in [3.05, 3.63) is 77.8 Å². The van der Waals surface area contributed by atoms with Gasteiger partial charge in [-0.3, -0.25) is 19.9 Å². The molecule has 0 radical (unpaired) electrons. The molecule has 5 nitrogen and oxygen atoms in total. The SMILES string of the molecule is CC1=CCC=CN=C1CN(CCN(C)CCC/C1=N/C/C=C\CC/C=C\C1)Cc1ccc(C)cn1. The Balaban J connectivity index is 1.52. The van der Waals surface area contributed by atoms with E-state index in [4.69, 9.17) is 9.98 Å². The zero-order valence-corrected chi connectivity index (χ0v) is 22.0. The molecule has 0 bridgehead atoms. The van der Waals surface area contributed by atoms with Crippen LogP contribution in [0.4, 0.5) is 0 Å². The van der Waals surface area contributed by atoms with Crippen LogP contribution < -0.4 is 0 Å². The van der Waals surface area contributed by atoms with Gasteiger partial charge in [0, 0.05) is 50.7 Å². The summed E-state index contributed by atoms with van der Waals surface area (Å²) in [6, 6.07) is 4.30. The fourth-order valence-corrected chi connectivity index (χ4v) is 4.21. The van der Waals surface area contributed by atoms with Crippen molar-refractivity contribution >= 4 is 11.4 Å². The third-order valence-electron chi connectivity index (χ3n) is 6.49. The Bertz CT molecular complexity index is 949. The van der Waals surface area contributed by atoms with Crippen LogP contribution in [0.15, 0.2) is 76.5 Å². The largest absolute Gasteiger partial charge is 0.305 e. The Labute approximate surface area is 212 Å². The third kappa shape index (κ3) is 10.7. The highest BCUT2D eigenvalue weighted by atomic mass is 15.2. The van der Waals surface area contributed by atoms with Crippen LogP contribution in [0.1, 0.15) is 56.7 Å². The van der Waals surface area contributed by atoms with Crippen LogP contribution in [0.5, 0.6) is 0 Å². The van der Waals surface area contributed by atoms with Crippen LogP contribution in [-0.4, -0.2) is 66.0 Å². The van der Waals surface area contributed by atoms with Gasteiger partial charge in [-0.1, -0.05) is 42.5 Å². The zero-order chi connectivity index (χ0) is 24.7. The molecular formula is C30H43N5. The second-order valence-corrected chi connectivity index (χ2v) is 9.66. The summed E-state index contributed by atoms with van der Waals surface area (Å²) in [6.45, 7) is 9.85.